The number of nitrogens with one attached hydrogen (secondary N) is 3. The number of anilines is 1. The highest BCUT2D eigenvalue weighted by molar-refractivity contribution is 5.97. The maximum atomic E-state index is 16.1. The summed E-state index contributed by atoms with van der Waals surface area (Å²) in [5, 5.41) is 10.2. The largest absolute Gasteiger partial charge is 0.324 e. The quantitative estimate of drug-likeness (QED) is 0.227. The molecule has 5 heterocycles. The lowest BCUT2D eigenvalue weighted by Gasteiger charge is -2.20. The molecule has 1 saturated carbocycles. The minimum absolute atomic E-state index is 0.0162. The van der Waals surface area contributed by atoms with Crippen molar-refractivity contribution in [3.63, 3.8) is 0 Å². The Morgan fingerprint density at radius 3 is 2.56 bits per heavy atom. The Bertz CT molecular complexity index is 1910. The van der Waals surface area contributed by atoms with Crippen LogP contribution in [-0.4, -0.2) is 41.0 Å². The van der Waals surface area contributed by atoms with Crippen LogP contribution in [0.4, 0.5) is 14.5 Å². The summed E-state index contributed by atoms with van der Waals surface area (Å²) in [7, 11) is 0. The van der Waals surface area contributed by atoms with Gasteiger partial charge in [0.1, 0.15) is 22.8 Å². The first kappa shape index (κ1) is 24.9. The number of benzene rings is 1. The standard InChI is InChI=1S/C30H24F2N8O/c31-19-8-6-16(7-9-19)21-10-11-34-28-25(21)37-29(38-28)26-23-24(32)22(15-35-27(23)40-39-26)18-12-20(14-33-13-18)36-30(41)17-4-2-1-3-5-17/h6-15,17H,1-5H2,(H,36,41)(H,34,37,38)(H,35,39,40). The number of pyridine rings is 3. The van der Waals surface area contributed by atoms with Crippen LogP contribution >= 0.6 is 0 Å². The zero-order chi connectivity index (χ0) is 27.9. The van der Waals surface area contributed by atoms with Gasteiger partial charge < -0.3 is 10.3 Å². The third-order valence-electron chi connectivity index (χ3n) is 7.58. The van der Waals surface area contributed by atoms with Crippen LogP contribution in [0.3, 0.4) is 0 Å². The molecule has 1 aromatic carbocycles. The summed E-state index contributed by atoms with van der Waals surface area (Å²) in [6.07, 6.45) is 11.1. The van der Waals surface area contributed by atoms with E-state index in [9.17, 15) is 9.18 Å². The topological polar surface area (TPSA) is 125 Å². The number of aromatic amines is 2. The Hall–Kier alpha value is -5.06. The molecule has 5 aromatic heterocycles. The number of rotatable bonds is 5. The highest BCUT2D eigenvalue weighted by Gasteiger charge is 2.23. The number of imidazole rings is 1. The molecular weight excluding hydrogens is 526 g/mol. The van der Waals surface area contributed by atoms with Gasteiger partial charge in [-0.15, -0.1) is 0 Å². The third-order valence-corrected chi connectivity index (χ3v) is 7.58. The van der Waals surface area contributed by atoms with E-state index < -0.39 is 5.82 Å². The van der Waals surface area contributed by atoms with E-state index in [-0.39, 0.29) is 39.9 Å². The van der Waals surface area contributed by atoms with Crippen molar-refractivity contribution in [2.75, 3.05) is 5.32 Å². The lowest BCUT2D eigenvalue weighted by Crippen LogP contribution is -2.24. The van der Waals surface area contributed by atoms with E-state index in [1.165, 1.54) is 24.5 Å². The second-order valence-corrected chi connectivity index (χ2v) is 10.2. The number of fused-ring (bicyclic) bond motifs is 2. The van der Waals surface area contributed by atoms with Crippen molar-refractivity contribution in [3.05, 3.63) is 72.8 Å². The SMILES string of the molecule is O=C(Nc1cncc(-c2cnc3[nH]nc(-c4nc5c(-c6ccc(F)cc6)ccnc5[nH]4)c3c2F)c1)C1CCCCC1. The lowest BCUT2D eigenvalue weighted by atomic mass is 9.88. The summed E-state index contributed by atoms with van der Waals surface area (Å²) in [5.41, 5.74) is 4.21. The van der Waals surface area contributed by atoms with Crippen LogP contribution in [0.25, 0.3) is 56.0 Å². The molecule has 1 aliphatic rings. The van der Waals surface area contributed by atoms with Crippen LogP contribution in [0, 0.1) is 17.6 Å². The highest BCUT2D eigenvalue weighted by atomic mass is 19.1. The van der Waals surface area contributed by atoms with E-state index in [0.29, 0.717) is 28.2 Å². The normalized spacial score (nSPS) is 14.1. The fourth-order valence-electron chi connectivity index (χ4n) is 5.48. The number of halogens is 2. The number of hydrogen-bond acceptors (Lipinski definition) is 6. The average Bonchev–Trinajstić information content (AvgIpc) is 3.63. The predicted octanol–water partition coefficient (Wildman–Crippen LogP) is 6.42. The maximum Gasteiger partial charge on any atom is 0.227 e. The predicted molar refractivity (Wildman–Crippen MR) is 151 cm³/mol. The van der Waals surface area contributed by atoms with Gasteiger partial charge in [0.15, 0.2) is 17.1 Å². The van der Waals surface area contributed by atoms with Crippen LogP contribution < -0.4 is 5.32 Å². The van der Waals surface area contributed by atoms with Gasteiger partial charge in [0.2, 0.25) is 5.91 Å². The number of carbonyl (C=O) groups excluding carboxylic acids is 1. The van der Waals surface area contributed by atoms with E-state index in [0.717, 1.165) is 43.2 Å². The number of nitrogens with zero attached hydrogens (tertiary/aromatic N) is 5. The molecule has 1 fully saturated rings. The molecule has 6 aromatic rings. The molecule has 0 saturated heterocycles. The Labute approximate surface area is 232 Å². The van der Waals surface area contributed by atoms with Gasteiger partial charge in [0, 0.05) is 41.2 Å². The molecule has 0 unspecified atom stereocenters. The minimum atomic E-state index is -0.552. The van der Waals surface area contributed by atoms with Crippen molar-refractivity contribution in [1.29, 1.82) is 0 Å². The molecule has 1 amide bonds. The number of aromatic nitrogens is 7. The van der Waals surface area contributed by atoms with Gasteiger partial charge in [0.05, 0.1) is 17.3 Å². The fourth-order valence-corrected chi connectivity index (χ4v) is 5.48. The van der Waals surface area contributed by atoms with Crippen LogP contribution in [-0.2, 0) is 4.79 Å². The van der Waals surface area contributed by atoms with E-state index in [1.54, 1.807) is 36.7 Å². The molecule has 0 spiro atoms. The summed E-state index contributed by atoms with van der Waals surface area (Å²) in [5.74, 6) is -0.636. The molecule has 1 aliphatic carbocycles. The van der Waals surface area contributed by atoms with Crippen molar-refractivity contribution in [3.8, 4) is 33.8 Å². The van der Waals surface area contributed by atoms with Gasteiger partial charge in [-0.1, -0.05) is 31.4 Å². The second-order valence-electron chi connectivity index (χ2n) is 10.2. The van der Waals surface area contributed by atoms with Crippen LogP contribution in [0.1, 0.15) is 32.1 Å². The molecule has 0 bridgehead atoms. The highest BCUT2D eigenvalue weighted by Crippen LogP contribution is 2.35. The summed E-state index contributed by atoms with van der Waals surface area (Å²) in [4.78, 5) is 33.6. The monoisotopic (exact) mass is 550 g/mol. The third kappa shape index (κ3) is 4.58. The summed E-state index contributed by atoms with van der Waals surface area (Å²) < 4.78 is 29.6. The molecule has 3 N–H and O–H groups in total. The summed E-state index contributed by atoms with van der Waals surface area (Å²) >= 11 is 0. The average molecular weight is 551 g/mol. The zero-order valence-electron chi connectivity index (χ0n) is 21.8. The molecule has 0 aliphatic heterocycles. The second kappa shape index (κ2) is 10.2. The smallest absolute Gasteiger partial charge is 0.227 e. The molecule has 11 heteroatoms. The van der Waals surface area contributed by atoms with Crippen LogP contribution in [0.5, 0.6) is 0 Å². The summed E-state index contributed by atoms with van der Waals surface area (Å²) in [6.45, 7) is 0. The van der Waals surface area contributed by atoms with Gasteiger partial charge in [0.25, 0.3) is 0 Å². The number of H-pyrrole nitrogens is 2. The first-order valence-corrected chi connectivity index (χ1v) is 13.4. The number of carbonyl (C=O) groups is 1. The Balaban J connectivity index is 1.26. The molecule has 41 heavy (non-hydrogen) atoms. The molecule has 9 nitrogen and oxygen atoms in total. The molecule has 7 rings (SSSR count). The van der Waals surface area contributed by atoms with Crippen molar-refractivity contribution in [2.45, 2.75) is 32.1 Å². The Kier molecular flexibility index (Phi) is 6.18. The van der Waals surface area contributed by atoms with Crippen molar-refractivity contribution in [1.82, 2.24) is 35.1 Å². The van der Waals surface area contributed by atoms with Gasteiger partial charge in [-0.2, -0.15) is 5.10 Å². The van der Waals surface area contributed by atoms with Crippen molar-refractivity contribution >= 4 is 33.8 Å². The first-order valence-electron chi connectivity index (χ1n) is 13.4. The Morgan fingerprint density at radius 2 is 1.73 bits per heavy atom. The van der Waals surface area contributed by atoms with E-state index >= 15 is 4.39 Å². The fraction of sp³-hybridized carbons (Fsp3) is 0.200. The van der Waals surface area contributed by atoms with E-state index in [1.807, 2.05) is 0 Å². The zero-order valence-corrected chi connectivity index (χ0v) is 21.8. The maximum absolute atomic E-state index is 16.1. The van der Waals surface area contributed by atoms with Crippen molar-refractivity contribution in [2.24, 2.45) is 5.92 Å². The van der Waals surface area contributed by atoms with Crippen LogP contribution in [0.2, 0.25) is 0 Å². The Morgan fingerprint density at radius 1 is 0.902 bits per heavy atom. The van der Waals surface area contributed by atoms with Crippen LogP contribution in [0.15, 0.2) is 61.2 Å². The number of hydrogen-bond donors (Lipinski definition) is 3. The van der Waals surface area contributed by atoms with Gasteiger partial charge >= 0.3 is 0 Å². The number of amides is 1. The first-order chi connectivity index (χ1) is 20.0. The van der Waals surface area contributed by atoms with Crippen molar-refractivity contribution < 1.29 is 13.6 Å². The van der Waals surface area contributed by atoms with E-state index in [4.69, 9.17) is 4.98 Å². The lowest BCUT2D eigenvalue weighted by molar-refractivity contribution is -0.120. The minimum Gasteiger partial charge on any atom is -0.324 e. The van der Waals surface area contributed by atoms with Gasteiger partial charge in [-0.3, -0.25) is 14.9 Å². The van der Waals surface area contributed by atoms with Gasteiger partial charge in [-0.25, -0.2) is 23.7 Å². The molecule has 204 valence electrons. The summed E-state index contributed by atoms with van der Waals surface area (Å²) in [6, 6.07) is 9.57. The molecular formula is C30H24F2N8O. The molecule has 0 radical (unpaired) electrons. The van der Waals surface area contributed by atoms with E-state index in [2.05, 4.69) is 35.5 Å². The molecule has 0 atom stereocenters. The van der Waals surface area contributed by atoms with Gasteiger partial charge in [-0.05, 0) is 42.7 Å².